The molecule has 0 atom stereocenters. The maximum absolute atomic E-state index is 11.2. The molecule has 1 heterocycles. The van der Waals surface area contributed by atoms with Gasteiger partial charge in [-0.15, -0.1) is 0 Å². The molecule has 0 radical (unpaired) electrons. The molecule has 0 saturated heterocycles. The molecule has 7 heteroatoms. The molecule has 2 rings (SSSR count). The van der Waals surface area contributed by atoms with E-state index >= 15 is 0 Å². The first-order valence-electron chi connectivity index (χ1n) is 6.17. The van der Waals surface area contributed by atoms with Crippen molar-refractivity contribution in [3.05, 3.63) is 16.4 Å². The van der Waals surface area contributed by atoms with Gasteiger partial charge in [0.05, 0.1) is 4.92 Å². The van der Waals surface area contributed by atoms with Crippen LogP contribution in [0.1, 0.15) is 27.7 Å². The topological polar surface area (TPSA) is 93.0 Å². The lowest BCUT2D eigenvalue weighted by Gasteiger charge is -2.09. The van der Waals surface area contributed by atoms with Gasteiger partial charge in [-0.2, -0.15) is 0 Å². The summed E-state index contributed by atoms with van der Waals surface area (Å²) in [5.41, 5.74) is 0.0422. The fraction of sp³-hybridized carbons (Fsp3) is 0.667. The second-order valence-electron chi connectivity index (χ2n) is 5.95. The van der Waals surface area contributed by atoms with Gasteiger partial charge in [0.25, 0.3) is 0 Å². The van der Waals surface area contributed by atoms with Crippen molar-refractivity contribution in [1.29, 1.82) is 0 Å². The number of rotatable bonds is 4. The fourth-order valence-corrected chi connectivity index (χ4v) is 2.53. The second-order valence-corrected chi connectivity index (χ2v) is 5.95. The molecule has 1 saturated carbocycles. The van der Waals surface area contributed by atoms with E-state index in [1.807, 2.05) is 0 Å². The van der Waals surface area contributed by atoms with Crippen molar-refractivity contribution in [3.8, 4) is 0 Å². The molecular formula is C12H19N5O2. The largest absolute Gasteiger partial charge is 0.367 e. The number of anilines is 2. The molecule has 2 N–H and O–H groups in total. The monoisotopic (exact) mass is 265 g/mol. The summed E-state index contributed by atoms with van der Waals surface area (Å²) in [4.78, 5) is 18.6. The van der Waals surface area contributed by atoms with E-state index < -0.39 is 4.92 Å². The molecule has 7 nitrogen and oxygen atoms in total. The summed E-state index contributed by atoms with van der Waals surface area (Å²) in [7, 11) is 1.60. The maximum atomic E-state index is 11.2. The van der Waals surface area contributed by atoms with Gasteiger partial charge in [-0.05, 0) is 10.8 Å². The zero-order chi connectivity index (χ0) is 14.4. The summed E-state index contributed by atoms with van der Waals surface area (Å²) in [6.07, 6.45) is 1.32. The number of nitro groups is 1. The van der Waals surface area contributed by atoms with Crippen LogP contribution in [0.25, 0.3) is 0 Å². The van der Waals surface area contributed by atoms with E-state index in [2.05, 4.69) is 48.3 Å². The Morgan fingerprint density at radius 2 is 1.74 bits per heavy atom. The van der Waals surface area contributed by atoms with E-state index in [4.69, 9.17) is 0 Å². The van der Waals surface area contributed by atoms with E-state index in [9.17, 15) is 10.1 Å². The van der Waals surface area contributed by atoms with Gasteiger partial charge >= 0.3 is 5.69 Å². The molecule has 1 aromatic rings. The Hall–Kier alpha value is -1.92. The average Bonchev–Trinajstić information content (AvgIpc) is 2.71. The molecular weight excluding hydrogens is 246 g/mol. The molecule has 1 aliphatic carbocycles. The highest BCUT2D eigenvalue weighted by Gasteiger charge is 2.65. The third-order valence-corrected chi connectivity index (χ3v) is 4.54. The molecule has 0 unspecified atom stereocenters. The molecule has 1 aromatic heterocycles. The highest BCUT2D eigenvalue weighted by molar-refractivity contribution is 5.70. The van der Waals surface area contributed by atoms with Crippen LogP contribution in [0.4, 0.5) is 17.3 Å². The third-order valence-electron chi connectivity index (χ3n) is 4.54. The summed E-state index contributed by atoms with van der Waals surface area (Å²) in [6.45, 7) is 8.54. The zero-order valence-electron chi connectivity index (χ0n) is 11.8. The smallest absolute Gasteiger partial charge is 0.353 e. The number of hydrogen-bond donors (Lipinski definition) is 2. The highest BCUT2D eigenvalue weighted by Crippen LogP contribution is 2.63. The number of hydrogen-bond acceptors (Lipinski definition) is 6. The minimum atomic E-state index is -0.462. The van der Waals surface area contributed by atoms with Crippen molar-refractivity contribution in [2.75, 3.05) is 17.7 Å². The van der Waals surface area contributed by atoms with E-state index in [1.165, 1.54) is 6.33 Å². The van der Waals surface area contributed by atoms with Gasteiger partial charge in [-0.1, -0.05) is 27.7 Å². The predicted octanol–water partition coefficient (Wildman–Crippen LogP) is 2.27. The van der Waals surface area contributed by atoms with Crippen LogP contribution in [0.15, 0.2) is 6.33 Å². The maximum Gasteiger partial charge on any atom is 0.353 e. The van der Waals surface area contributed by atoms with E-state index in [0.717, 1.165) is 0 Å². The third kappa shape index (κ3) is 1.89. The van der Waals surface area contributed by atoms with Crippen LogP contribution in [0.3, 0.4) is 0 Å². The normalized spacial score (nSPS) is 19.8. The van der Waals surface area contributed by atoms with Crippen LogP contribution in [0.5, 0.6) is 0 Å². The van der Waals surface area contributed by atoms with Crippen LogP contribution >= 0.6 is 0 Å². The average molecular weight is 265 g/mol. The molecule has 0 aliphatic heterocycles. The summed E-state index contributed by atoms with van der Waals surface area (Å²) < 4.78 is 0. The van der Waals surface area contributed by atoms with Crippen molar-refractivity contribution in [2.24, 2.45) is 10.8 Å². The first-order valence-corrected chi connectivity index (χ1v) is 6.17. The van der Waals surface area contributed by atoms with Crippen LogP contribution in [-0.4, -0.2) is 28.0 Å². The zero-order valence-corrected chi connectivity index (χ0v) is 11.8. The molecule has 0 bridgehead atoms. The molecule has 0 aromatic carbocycles. The van der Waals surface area contributed by atoms with Gasteiger partial charge in [0.15, 0.2) is 0 Å². The van der Waals surface area contributed by atoms with Crippen molar-refractivity contribution < 1.29 is 4.92 Å². The van der Waals surface area contributed by atoms with Crippen LogP contribution < -0.4 is 10.6 Å². The van der Waals surface area contributed by atoms with E-state index in [0.29, 0.717) is 0 Å². The van der Waals surface area contributed by atoms with Crippen LogP contribution in [0.2, 0.25) is 0 Å². The number of aromatic nitrogens is 2. The summed E-state index contributed by atoms with van der Waals surface area (Å²) in [5, 5.41) is 17.1. The number of nitrogens with one attached hydrogen (secondary N) is 2. The predicted molar refractivity (Wildman–Crippen MR) is 73.2 cm³/mol. The van der Waals surface area contributed by atoms with Gasteiger partial charge in [-0.3, -0.25) is 10.1 Å². The van der Waals surface area contributed by atoms with Gasteiger partial charge in [0, 0.05) is 13.1 Å². The van der Waals surface area contributed by atoms with Crippen LogP contribution in [0, 0.1) is 20.9 Å². The second kappa shape index (κ2) is 4.04. The summed E-state index contributed by atoms with van der Waals surface area (Å²) in [5.74, 6) is 0.492. The highest BCUT2D eigenvalue weighted by atomic mass is 16.6. The molecule has 104 valence electrons. The van der Waals surface area contributed by atoms with Crippen molar-refractivity contribution in [2.45, 2.75) is 33.7 Å². The van der Waals surface area contributed by atoms with Gasteiger partial charge < -0.3 is 10.6 Å². The van der Waals surface area contributed by atoms with Crippen molar-refractivity contribution >= 4 is 17.3 Å². The van der Waals surface area contributed by atoms with Crippen LogP contribution in [-0.2, 0) is 0 Å². The van der Waals surface area contributed by atoms with Crippen molar-refractivity contribution in [1.82, 2.24) is 9.97 Å². The molecule has 1 fully saturated rings. The lowest BCUT2D eigenvalue weighted by Crippen LogP contribution is -2.14. The lowest BCUT2D eigenvalue weighted by atomic mass is 10.0. The van der Waals surface area contributed by atoms with E-state index in [-0.39, 0.29) is 34.2 Å². The first kappa shape index (κ1) is 13.5. The Balaban J connectivity index is 2.35. The molecule has 19 heavy (non-hydrogen) atoms. The minimum absolute atomic E-state index is 0.0750. The summed E-state index contributed by atoms with van der Waals surface area (Å²) >= 11 is 0. The Morgan fingerprint density at radius 3 is 2.16 bits per heavy atom. The molecule has 0 amide bonds. The standard InChI is InChI=1S/C12H19N5O2/c1-11(2)10(12(11,3)4)16-9-7(17(18)19)8(13-5)14-6-15-9/h6,10H,1-5H3,(H2,13,14,15,16). The van der Waals surface area contributed by atoms with Gasteiger partial charge in [0.1, 0.15) is 6.33 Å². The van der Waals surface area contributed by atoms with Gasteiger partial charge in [-0.25, -0.2) is 9.97 Å². The quantitative estimate of drug-likeness (QED) is 0.640. The summed E-state index contributed by atoms with van der Waals surface area (Å²) in [6, 6.07) is 0.151. The Bertz CT molecular complexity index is 513. The Kier molecular flexibility index (Phi) is 2.87. The first-order chi connectivity index (χ1) is 8.73. The SMILES string of the molecule is CNc1ncnc(NC2C(C)(C)C2(C)C)c1[N+](=O)[O-]. The number of nitrogens with zero attached hydrogens (tertiary/aromatic N) is 3. The Labute approximate surface area is 112 Å². The minimum Gasteiger partial charge on any atom is -0.367 e. The Morgan fingerprint density at radius 1 is 1.21 bits per heavy atom. The fourth-order valence-electron chi connectivity index (χ4n) is 2.53. The van der Waals surface area contributed by atoms with Gasteiger partial charge in [0.2, 0.25) is 11.6 Å². The molecule has 1 aliphatic rings. The molecule has 0 spiro atoms. The lowest BCUT2D eigenvalue weighted by molar-refractivity contribution is -0.383. The van der Waals surface area contributed by atoms with E-state index in [1.54, 1.807) is 7.05 Å². The van der Waals surface area contributed by atoms with Crippen molar-refractivity contribution in [3.63, 3.8) is 0 Å².